The first-order chi connectivity index (χ1) is 20.8. The number of hydrogen-bond acceptors (Lipinski definition) is 3. The average Bonchev–Trinajstić information content (AvgIpc) is 3.61. The third-order valence-electron chi connectivity index (χ3n) is 8.21. The Hall–Kier alpha value is -5.32. The molecule has 3 nitrogen and oxygen atoms in total. The molecule has 0 aliphatic carbocycles. The SMILES string of the molecule is c1ccc(-c2nc(-c3ccc(-n4c5ccccc5c5ccc6c7ccccc7sc6c54)cc3)nc3ccccc23)cc1. The van der Waals surface area contributed by atoms with E-state index in [4.69, 9.17) is 9.97 Å². The van der Waals surface area contributed by atoms with Crippen LogP contribution in [0.5, 0.6) is 0 Å². The van der Waals surface area contributed by atoms with E-state index in [2.05, 4.69) is 126 Å². The number of benzene rings is 6. The number of nitrogens with zero attached hydrogens (tertiary/aromatic N) is 3. The van der Waals surface area contributed by atoms with Crippen LogP contribution in [0.3, 0.4) is 0 Å². The molecule has 0 radical (unpaired) electrons. The molecule has 0 spiro atoms. The molecule has 3 heterocycles. The Balaban J connectivity index is 1.26. The quantitative estimate of drug-likeness (QED) is 0.218. The van der Waals surface area contributed by atoms with E-state index in [1.165, 1.54) is 42.0 Å². The monoisotopic (exact) mass is 553 g/mol. The molecule has 0 bridgehead atoms. The van der Waals surface area contributed by atoms with Gasteiger partial charge in [-0.15, -0.1) is 11.3 Å². The van der Waals surface area contributed by atoms with Crippen LogP contribution in [0.15, 0.2) is 140 Å². The van der Waals surface area contributed by atoms with E-state index in [-0.39, 0.29) is 0 Å². The molecule has 196 valence electrons. The summed E-state index contributed by atoms with van der Waals surface area (Å²) in [6.07, 6.45) is 0. The lowest BCUT2D eigenvalue weighted by Crippen LogP contribution is -1.97. The van der Waals surface area contributed by atoms with Crippen molar-refractivity contribution < 1.29 is 0 Å². The lowest BCUT2D eigenvalue weighted by atomic mass is 10.1. The summed E-state index contributed by atoms with van der Waals surface area (Å²) in [5, 5.41) is 6.22. The molecule has 0 atom stereocenters. The molecule has 6 aromatic carbocycles. The normalized spacial score (nSPS) is 11.8. The van der Waals surface area contributed by atoms with Crippen molar-refractivity contribution in [3.05, 3.63) is 140 Å². The molecule has 0 N–H and O–H groups in total. The molecule has 0 saturated carbocycles. The van der Waals surface area contributed by atoms with Gasteiger partial charge in [0.1, 0.15) is 0 Å². The van der Waals surface area contributed by atoms with E-state index in [1.54, 1.807) is 0 Å². The lowest BCUT2D eigenvalue weighted by Gasteiger charge is -2.11. The maximum atomic E-state index is 5.08. The van der Waals surface area contributed by atoms with Gasteiger partial charge in [-0.1, -0.05) is 97.1 Å². The Labute approximate surface area is 246 Å². The summed E-state index contributed by atoms with van der Waals surface area (Å²) in [6.45, 7) is 0. The van der Waals surface area contributed by atoms with Gasteiger partial charge in [0.25, 0.3) is 0 Å². The van der Waals surface area contributed by atoms with E-state index in [1.807, 2.05) is 29.5 Å². The maximum absolute atomic E-state index is 5.08. The number of thiophene rings is 1. The second-order valence-electron chi connectivity index (χ2n) is 10.6. The van der Waals surface area contributed by atoms with Gasteiger partial charge in [0, 0.05) is 48.4 Å². The van der Waals surface area contributed by atoms with Crippen LogP contribution in [0.2, 0.25) is 0 Å². The molecule has 9 rings (SSSR count). The van der Waals surface area contributed by atoms with Crippen LogP contribution in [-0.2, 0) is 0 Å². The largest absolute Gasteiger partial charge is 0.308 e. The summed E-state index contributed by atoms with van der Waals surface area (Å²) in [5.74, 6) is 0.730. The van der Waals surface area contributed by atoms with Crippen LogP contribution >= 0.6 is 11.3 Å². The summed E-state index contributed by atoms with van der Waals surface area (Å²) < 4.78 is 5.05. The van der Waals surface area contributed by atoms with E-state index < -0.39 is 0 Å². The Kier molecular flexibility index (Phi) is 5.07. The first-order valence-electron chi connectivity index (χ1n) is 14.1. The molecule has 0 amide bonds. The zero-order valence-corrected chi connectivity index (χ0v) is 23.3. The van der Waals surface area contributed by atoms with Crippen molar-refractivity contribution in [3.8, 4) is 28.3 Å². The number of rotatable bonds is 3. The van der Waals surface area contributed by atoms with Gasteiger partial charge in [0.15, 0.2) is 5.82 Å². The van der Waals surface area contributed by atoms with Gasteiger partial charge >= 0.3 is 0 Å². The van der Waals surface area contributed by atoms with E-state index >= 15 is 0 Å². The summed E-state index contributed by atoms with van der Waals surface area (Å²) in [7, 11) is 0. The summed E-state index contributed by atoms with van der Waals surface area (Å²) in [4.78, 5) is 10.1. The molecule has 0 aliphatic rings. The van der Waals surface area contributed by atoms with Crippen molar-refractivity contribution in [3.63, 3.8) is 0 Å². The van der Waals surface area contributed by atoms with Gasteiger partial charge in [0.05, 0.1) is 26.9 Å². The van der Waals surface area contributed by atoms with Crippen molar-refractivity contribution in [1.82, 2.24) is 14.5 Å². The Morgan fingerprint density at radius 3 is 2.02 bits per heavy atom. The van der Waals surface area contributed by atoms with Gasteiger partial charge in [-0.2, -0.15) is 0 Å². The molecule has 42 heavy (non-hydrogen) atoms. The second-order valence-corrected chi connectivity index (χ2v) is 11.7. The van der Waals surface area contributed by atoms with Crippen LogP contribution in [0.4, 0.5) is 0 Å². The maximum Gasteiger partial charge on any atom is 0.160 e. The van der Waals surface area contributed by atoms with Crippen molar-refractivity contribution >= 4 is 64.2 Å². The van der Waals surface area contributed by atoms with Crippen LogP contribution in [0.25, 0.3) is 81.2 Å². The summed E-state index contributed by atoms with van der Waals surface area (Å²) in [6, 6.07) is 49.3. The first kappa shape index (κ1) is 23.4. The zero-order valence-electron chi connectivity index (χ0n) is 22.5. The first-order valence-corrected chi connectivity index (χ1v) is 14.9. The van der Waals surface area contributed by atoms with Crippen molar-refractivity contribution in [1.29, 1.82) is 0 Å². The lowest BCUT2D eigenvalue weighted by molar-refractivity contribution is 1.18. The molecule has 3 aromatic heterocycles. The van der Waals surface area contributed by atoms with Gasteiger partial charge in [-0.3, -0.25) is 0 Å². The Morgan fingerprint density at radius 1 is 0.476 bits per heavy atom. The standard InChI is InChI=1S/C38H23N3S/c1-2-10-24(11-3-1)35-31-14-4-7-15-32(31)39-38(40-35)25-18-20-26(21-19-25)41-33-16-8-5-12-27(33)29-22-23-30-28-13-6-9-17-34(28)42-37(30)36(29)41/h1-23H. The third kappa shape index (κ3) is 3.46. The summed E-state index contributed by atoms with van der Waals surface area (Å²) >= 11 is 1.88. The second kappa shape index (κ2) is 9.10. The Bertz CT molecular complexity index is 2450. The van der Waals surface area contributed by atoms with Gasteiger partial charge in [0.2, 0.25) is 0 Å². The highest BCUT2D eigenvalue weighted by Gasteiger charge is 2.18. The molecule has 0 fully saturated rings. The fourth-order valence-corrected chi connectivity index (χ4v) is 7.52. The number of para-hydroxylation sites is 2. The van der Waals surface area contributed by atoms with E-state index in [0.29, 0.717) is 0 Å². The Morgan fingerprint density at radius 2 is 1.17 bits per heavy atom. The van der Waals surface area contributed by atoms with Gasteiger partial charge in [-0.05, 0) is 42.5 Å². The predicted octanol–water partition coefficient (Wildman–Crippen LogP) is 10.4. The average molecular weight is 554 g/mol. The minimum absolute atomic E-state index is 0.730. The number of fused-ring (bicyclic) bond motifs is 8. The third-order valence-corrected chi connectivity index (χ3v) is 9.41. The van der Waals surface area contributed by atoms with Gasteiger partial charge in [-0.25, -0.2) is 9.97 Å². The molecule has 4 heteroatoms. The summed E-state index contributed by atoms with van der Waals surface area (Å²) in [5.41, 5.74) is 7.57. The number of aromatic nitrogens is 3. The van der Waals surface area contributed by atoms with Crippen LogP contribution in [-0.4, -0.2) is 14.5 Å². The smallest absolute Gasteiger partial charge is 0.160 e. The molecule has 0 aliphatic heterocycles. The minimum atomic E-state index is 0.730. The van der Waals surface area contributed by atoms with Crippen LogP contribution in [0.1, 0.15) is 0 Å². The molecule has 0 unspecified atom stereocenters. The van der Waals surface area contributed by atoms with Crippen molar-refractivity contribution in [2.75, 3.05) is 0 Å². The topological polar surface area (TPSA) is 30.7 Å². The highest BCUT2D eigenvalue weighted by Crippen LogP contribution is 2.43. The highest BCUT2D eigenvalue weighted by atomic mass is 32.1. The number of hydrogen-bond donors (Lipinski definition) is 0. The zero-order chi connectivity index (χ0) is 27.6. The van der Waals surface area contributed by atoms with E-state index in [0.717, 1.165) is 39.2 Å². The molecular formula is C38H23N3S. The van der Waals surface area contributed by atoms with Crippen LogP contribution < -0.4 is 0 Å². The van der Waals surface area contributed by atoms with Crippen molar-refractivity contribution in [2.45, 2.75) is 0 Å². The molecular weight excluding hydrogens is 531 g/mol. The van der Waals surface area contributed by atoms with Crippen molar-refractivity contribution in [2.24, 2.45) is 0 Å². The predicted molar refractivity (Wildman–Crippen MR) is 178 cm³/mol. The highest BCUT2D eigenvalue weighted by molar-refractivity contribution is 7.26. The van der Waals surface area contributed by atoms with Gasteiger partial charge < -0.3 is 4.57 Å². The minimum Gasteiger partial charge on any atom is -0.308 e. The fraction of sp³-hybridized carbons (Fsp3) is 0. The fourth-order valence-electron chi connectivity index (χ4n) is 6.28. The molecule has 0 saturated heterocycles. The van der Waals surface area contributed by atoms with Crippen LogP contribution in [0, 0.1) is 0 Å². The molecule has 9 aromatic rings. The van der Waals surface area contributed by atoms with E-state index in [9.17, 15) is 0 Å².